The van der Waals surface area contributed by atoms with Crippen molar-refractivity contribution in [1.82, 2.24) is 9.97 Å². The minimum atomic E-state index is -0.583. The van der Waals surface area contributed by atoms with Crippen molar-refractivity contribution in [3.8, 4) is 11.8 Å². The second-order valence-corrected chi connectivity index (χ2v) is 4.81. The van der Waals surface area contributed by atoms with Gasteiger partial charge in [0.1, 0.15) is 11.5 Å². The Morgan fingerprint density at radius 2 is 2.05 bits per heavy atom. The monoisotopic (exact) mass is 341 g/mol. The number of benzene rings is 1. The molecule has 0 amide bonds. The van der Waals surface area contributed by atoms with Crippen LogP contribution < -0.4 is 15.2 Å². The Bertz CT molecular complexity index is 625. The van der Waals surface area contributed by atoms with Gasteiger partial charge in [-0.1, -0.05) is 6.07 Å². The van der Waals surface area contributed by atoms with Crippen LogP contribution in [0.1, 0.15) is 17.3 Å². The molecule has 2 N–H and O–H groups in total. The molecule has 1 heterocycles. The summed E-state index contributed by atoms with van der Waals surface area (Å²) in [6.07, 6.45) is 1.45. The van der Waals surface area contributed by atoms with Crippen LogP contribution in [-0.4, -0.2) is 24.2 Å². The molecule has 1 unspecified atom stereocenters. The maximum absolute atomic E-state index is 13.3. The number of rotatable bonds is 4. The highest BCUT2D eigenvalue weighted by atomic mass is 79.9. The van der Waals surface area contributed by atoms with Crippen LogP contribution >= 0.6 is 15.9 Å². The first-order valence-corrected chi connectivity index (χ1v) is 6.51. The van der Waals surface area contributed by atoms with Crippen molar-refractivity contribution in [1.29, 1.82) is 0 Å². The van der Waals surface area contributed by atoms with Crippen LogP contribution in [0, 0.1) is 5.82 Å². The van der Waals surface area contributed by atoms with Gasteiger partial charge in [-0.05, 0) is 33.6 Å². The van der Waals surface area contributed by atoms with E-state index in [0.717, 1.165) is 0 Å². The molecule has 0 fully saturated rings. The quantitative estimate of drug-likeness (QED) is 0.924. The minimum absolute atomic E-state index is 0.275. The Balaban J connectivity index is 2.41. The standard InChI is InChI=1S/C13H13BrFN3O2/c1-19-10-6-17-12(13(18-10)20-2)11(16)7-3-4-9(15)8(14)5-7/h3-6,11H,16H2,1-2H3. The van der Waals surface area contributed by atoms with E-state index in [4.69, 9.17) is 15.2 Å². The van der Waals surface area contributed by atoms with E-state index in [1.165, 1.54) is 26.5 Å². The molecule has 0 saturated carbocycles. The Morgan fingerprint density at radius 3 is 2.65 bits per heavy atom. The summed E-state index contributed by atoms with van der Waals surface area (Å²) in [6, 6.07) is 3.95. The molecule has 106 valence electrons. The van der Waals surface area contributed by atoms with E-state index >= 15 is 0 Å². The van der Waals surface area contributed by atoms with E-state index in [2.05, 4.69) is 25.9 Å². The van der Waals surface area contributed by atoms with Crippen LogP contribution in [-0.2, 0) is 0 Å². The molecule has 0 saturated heterocycles. The van der Waals surface area contributed by atoms with Gasteiger partial charge in [-0.3, -0.25) is 0 Å². The molecule has 0 aliphatic carbocycles. The topological polar surface area (TPSA) is 70.3 Å². The van der Waals surface area contributed by atoms with Crippen LogP contribution in [0.2, 0.25) is 0 Å². The zero-order valence-electron chi connectivity index (χ0n) is 10.9. The first-order valence-electron chi connectivity index (χ1n) is 5.72. The summed E-state index contributed by atoms with van der Waals surface area (Å²) < 4.78 is 23.7. The first kappa shape index (κ1) is 14.7. The van der Waals surface area contributed by atoms with E-state index in [0.29, 0.717) is 21.6 Å². The number of hydrogen-bond acceptors (Lipinski definition) is 5. The van der Waals surface area contributed by atoms with Crippen LogP contribution in [0.25, 0.3) is 0 Å². The lowest BCUT2D eigenvalue weighted by Crippen LogP contribution is -2.16. The van der Waals surface area contributed by atoms with Crippen molar-refractivity contribution in [2.24, 2.45) is 5.73 Å². The normalized spacial score (nSPS) is 12.1. The maximum Gasteiger partial charge on any atom is 0.240 e. The van der Waals surface area contributed by atoms with Crippen LogP contribution in [0.15, 0.2) is 28.9 Å². The predicted molar refractivity (Wildman–Crippen MR) is 75.3 cm³/mol. The maximum atomic E-state index is 13.3. The second-order valence-electron chi connectivity index (χ2n) is 3.96. The average molecular weight is 342 g/mol. The van der Waals surface area contributed by atoms with Gasteiger partial charge in [0.05, 0.1) is 30.9 Å². The fraction of sp³-hybridized carbons (Fsp3) is 0.231. The van der Waals surface area contributed by atoms with Crippen molar-refractivity contribution >= 4 is 15.9 Å². The Hall–Kier alpha value is -1.73. The van der Waals surface area contributed by atoms with Crippen molar-refractivity contribution in [2.45, 2.75) is 6.04 Å². The van der Waals surface area contributed by atoms with Crippen molar-refractivity contribution in [2.75, 3.05) is 14.2 Å². The number of aromatic nitrogens is 2. The molecular weight excluding hydrogens is 329 g/mol. The second kappa shape index (κ2) is 6.15. The number of nitrogens with two attached hydrogens (primary N) is 1. The molecule has 20 heavy (non-hydrogen) atoms. The van der Waals surface area contributed by atoms with Gasteiger partial charge in [-0.15, -0.1) is 0 Å². The van der Waals surface area contributed by atoms with Crippen molar-refractivity contribution in [3.63, 3.8) is 0 Å². The number of halogens is 2. The molecule has 7 heteroatoms. The zero-order valence-corrected chi connectivity index (χ0v) is 12.5. The Kier molecular flexibility index (Phi) is 4.51. The van der Waals surface area contributed by atoms with Crippen molar-refractivity contribution < 1.29 is 13.9 Å². The average Bonchev–Trinajstić information content (AvgIpc) is 2.48. The first-order chi connectivity index (χ1) is 9.56. The molecule has 0 spiro atoms. The smallest absolute Gasteiger partial charge is 0.240 e. The molecule has 0 aliphatic rings. The lowest BCUT2D eigenvalue weighted by molar-refractivity contribution is 0.355. The largest absolute Gasteiger partial charge is 0.480 e. The Labute approximate surface area is 124 Å². The van der Waals surface area contributed by atoms with Gasteiger partial charge in [0.2, 0.25) is 11.8 Å². The SMILES string of the molecule is COc1cnc(C(N)c2ccc(F)c(Br)c2)c(OC)n1. The fourth-order valence-electron chi connectivity index (χ4n) is 1.69. The molecule has 1 aromatic carbocycles. The molecule has 0 radical (unpaired) electrons. The van der Waals surface area contributed by atoms with Gasteiger partial charge in [0, 0.05) is 0 Å². The molecule has 2 aromatic rings. The third-order valence-electron chi connectivity index (χ3n) is 2.74. The van der Waals surface area contributed by atoms with Gasteiger partial charge < -0.3 is 15.2 Å². The van der Waals surface area contributed by atoms with Crippen LogP contribution in [0.4, 0.5) is 4.39 Å². The lowest BCUT2D eigenvalue weighted by Gasteiger charge is -2.15. The van der Waals surface area contributed by atoms with E-state index in [-0.39, 0.29) is 11.7 Å². The highest BCUT2D eigenvalue weighted by molar-refractivity contribution is 9.10. The highest BCUT2D eigenvalue weighted by Gasteiger charge is 2.19. The molecular formula is C13H13BrFN3O2. The number of methoxy groups -OCH3 is 2. The van der Waals surface area contributed by atoms with Gasteiger partial charge >= 0.3 is 0 Å². The van der Waals surface area contributed by atoms with Gasteiger partial charge in [-0.2, -0.15) is 4.98 Å². The third kappa shape index (κ3) is 2.88. The fourth-order valence-corrected chi connectivity index (χ4v) is 2.09. The van der Waals surface area contributed by atoms with Crippen LogP contribution in [0.3, 0.4) is 0 Å². The van der Waals surface area contributed by atoms with Gasteiger partial charge in [0.25, 0.3) is 0 Å². The number of hydrogen-bond donors (Lipinski definition) is 1. The summed E-state index contributed by atoms with van der Waals surface area (Å²) >= 11 is 3.13. The summed E-state index contributed by atoms with van der Waals surface area (Å²) in [7, 11) is 2.96. The lowest BCUT2D eigenvalue weighted by atomic mass is 10.0. The third-order valence-corrected chi connectivity index (χ3v) is 3.35. The van der Waals surface area contributed by atoms with Gasteiger partial charge in [0.15, 0.2) is 0 Å². The number of ether oxygens (including phenoxy) is 2. The molecule has 0 aliphatic heterocycles. The molecule has 2 rings (SSSR count). The van der Waals surface area contributed by atoms with Crippen molar-refractivity contribution in [3.05, 3.63) is 45.9 Å². The van der Waals surface area contributed by atoms with Gasteiger partial charge in [-0.25, -0.2) is 9.37 Å². The highest BCUT2D eigenvalue weighted by Crippen LogP contribution is 2.28. The van der Waals surface area contributed by atoms with E-state index < -0.39 is 6.04 Å². The summed E-state index contributed by atoms with van der Waals surface area (Å²) in [5.41, 5.74) is 7.28. The zero-order chi connectivity index (χ0) is 14.7. The number of nitrogens with zero attached hydrogens (tertiary/aromatic N) is 2. The molecule has 1 atom stereocenters. The summed E-state index contributed by atoms with van der Waals surface area (Å²) in [4.78, 5) is 8.33. The van der Waals surface area contributed by atoms with E-state index in [9.17, 15) is 4.39 Å². The summed E-state index contributed by atoms with van der Waals surface area (Å²) in [5, 5.41) is 0. The van der Waals surface area contributed by atoms with Crippen LogP contribution in [0.5, 0.6) is 11.8 Å². The Morgan fingerprint density at radius 1 is 1.30 bits per heavy atom. The molecule has 5 nitrogen and oxygen atoms in total. The van der Waals surface area contributed by atoms with E-state index in [1.54, 1.807) is 12.1 Å². The minimum Gasteiger partial charge on any atom is -0.480 e. The predicted octanol–water partition coefficient (Wildman–Crippen LogP) is 2.44. The van der Waals surface area contributed by atoms with E-state index in [1.807, 2.05) is 0 Å². The summed E-state index contributed by atoms with van der Waals surface area (Å²) in [5.74, 6) is 0.254. The summed E-state index contributed by atoms with van der Waals surface area (Å²) in [6.45, 7) is 0. The molecule has 0 bridgehead atoms. The molecule has 1 aromatic heterocycles.